The van der Waals surface area contributed by atoms with Gasteiger partial charge in [-0.05, 0) is 77.3 Å². The minimum Gasteiger partial charge on any atom is -0.444 e. The lowest BCUT2D eigenvalue weighted by Gasteiger charge is -2.33. The van der Waals surface area contributed by atoms with Gasteiger partial charge in [0.25, 0.3) is 5.91 Å². The summed E-state index contributed by atoms with van der Waals surface area (Å²) < 4.78 is 5.28. The van der Waals surface area contributed by atoms with Gasteiger partial charge in [-0.2, -0.15) is 0 Å². The number of terminal acetylenes is 1. The highest BCUT2D eigenvalue weighted by molar-refractivity contribution is 5.99. The molecule has 3 amide bonds. The van der Waals surface area contributed by atoms with Crippen LogP contribution in [0.1, 0.15) is 62.9 Å². The zero-order valence-corrected chi connectivity index (χ0v) is 21.6. The molecule has 2 aromatic rings. The van der Waals surface area contributed by atoms with Gasteiger partial charge >= 0.3 is 6.09 Å². The Labute approximate surface area is 208 Å². The summed E-state index contributed by atoms with van der Waals surface area (Å²) >= 11 is 0. The Morgan fingerprint density at radius 2 is 1.63 bits per heavy atom. The van der Waals surface area contributed by atoms with E-state index < -0.39 is 29.7 Å². The molecule has 0 saturated carbocycles. The fraction of sp³-hybridized carbons (Fsp3) is 0.393. The average Bonchev–Trinajstić information content (AvgIpc) is 2.78. The summed E-state index contributed by atoms with van der Waals surface area (Å²) in [6.45, 7) is 12.6. The van der Waals surface area contributed by atoms with E-state index in [1.165, 1.54) is 4.90 Å². The summed E-state index contributed by atoms with van der Waals surface area (Å²) in [6, 6.07) is 10.8. The summed E-state index contributed by atoms with van der Waals surface area (Å²) in [5.41, 5.74) is 3.09. The topological polar surface area (TPSA) is 87.7 Å². The normalized spacial score (nSPS) is 12.6. The van der Waals surface area contributed by atoms with Crippen molar-refractivity contribution in [2.45, 2.75) is 66.2 Å². The van der Waals surface area contributed by atoms with E-state index in [1.54, 1.807) is 58.9 Å². The monoisotopic (exact) mass is 477 g/mol. The number of nitrogens with zero attached hydrogens (tertiary/aromatic N) is 1. The Balaban J connectivity index is 2.41. The van der Waals surface area contributed by atoms with Gasteiger partial charge in [0.15, 0.2) is 0 Å². The molecular formula is C28H35N3O4. The molecule has 0 bridgehead atoms. The number of carbonyl (C=O) groups is 3. The molecule has 0 heterocycles. The van der Waals surface area contributed by atoms with Crippen molar-refractivity contribution >= 4 is 23.6 Å². The molecule has 0 radical (unpaired) electrons. The fourth-order valence-electron chi connectivity index (χ4n) is 3.70. The molecule has 0 aliphatic heterocycles. The van der Waals surface area contributed by atoms with Crippen LogP contribution in [0.4, 0.5) is 10.5 Å². The van der Waals surface area contributed by atoms with Gasteiger partial charge in [0.1, 0.15) is 17.7 Å². The predicted molar refractivity (Wildman–Crippen MR) is 138 cm³/mol. The minimum atomic E-state index is -0.943. The third-order valence-electron chi connectivity index (χ3n) is 5.41. The zero-order chi connectivity index (χ0) is 26.3. The van der Waals surface area contributed by atoms with Crippen molar-refractivity contribution in [2.24, 2.45) is 0 Å². The van der Waals surface area contributed by atoms with Crippen LogP contribution in [0.3, 0.4) is 0 Å². The molecule has 7 heteroatoms. The molecule has 2 aromatic carbocycles. The fourth-order valence-corrected chi connectivity index (χ4v) is 3.70. The van der Waals surface area contributed by atoms with Crippen LogP contribution in [-0.4, -0.2) is 41.0 Å². The largest absolute Gasteiger partial charge is 0.444 e. The SMILES string of the molecule is C#Cc1ccc(C(C(=O)Nc2c(C)cccc2C)N(CC)C(=O)C(C)NC(=O)OC(C)(C)C)cc1. The quantitative estimate of drug-likeness (QED) is 0.565. The Morgan fingerprint density at radius 3 is 2.11 bits per heavy atom. The summed E-state index contributed by atoms with van der Waals surface area (Å²) in [7, 11) is 0. The maximum Gasteiger partial charge on any atom is 0.408 e. The van der Waals surface area contributed by atoms with E-state index in [0.29, 0.717) is 16.8 Å². The van der Waals surface area contributed by atoms with Crippen LogP contribution in [-0.2, 0) is 14.3 Å². The van der Waals surface area contributed by atoms with Crippen molar-refractivity contribution in [1.29, 1.82) is 0 Å². The Bertz CT molecular complexity index is 1090. The van der Waals surface area contributed by atoms with E-state index in [1.807, 2.05) is 32.0 Å². The van der Waals surface area contributed by atoms with Crippen molar-refractivity contribution < 1.29 is 19.1 Å². The van der Waals surface area contributed by atoms with Gasteiger partial charge in [0.05, 0.1) is 0 Å². The second-order valence-electron chi connectivity index (χ2n) is 9.42. The maximum atomic E-state index is 13.7. The van der Waals surface area contributed by atoms with Crippen LogP contribution in [0, 0.1) is 26.2 Å². The Morgan fingerprint density at radius 1 is 1.06 bits per heavy atom. The third kappa shape index (κ3) is 7.35. The number of amides is 3. The molecule has 0 saturated heterocycles. The number of anilines is 1. The van der Waals surface area contributed by atoms with Gasteiger partial charge < -0.3 is 20.3 Å². The van der Waals surface area contributed by atoms with Crippen molar-refractivity contribution in [3.05, 3.63) is 64.7 Å². The number of rotatable bonds is 7. The standard InChI is InChI=1S/C28H35N3O4/c1-9-21-14-16-22(17-15-21)24(25(32)30-23-18(3)12-11-13-19(23)4)31(10-2)26(33)20(5)29-27(34)35-28(6,7)8/h1,11-17,20,24H,10H2,2-8H3,(H,29,34)(H,30,32). The highest BCUT2D eigenvalue weighted by Crippen LogP contribution is 2.27. The minimum absolute atomic E-state index is 0.237. The van der Waals surface area contributed by atoms with E-state index in [0.717, 1.165) is 11.1 Å². The number of carbonyl (C=O) groups excluding carboxylic acids is 3. The van der Waals surface area contributed by atoms with E-state index in [2.05, 4.69) is 16.6 Å². The Hall–Kier alpha value is -3.79. The number of para-hydroxylation sites is 1. The molecule has 0 spiro atoms. The van der Waals surface area contributed by atoms with Gasteiger partial charge in [-0.15, -0.1) is 6.42 Å². The lowest BCUT2D eigenvalue weighted by atomic mass is 10.0. The van der Waals surface area contributed by atoms with Crippen LogP contribution in [0.2, 0.25) is 0 Å². The van der Waals surface area contributed by atoms with Gasteiger partial charge in [-0.25, -0.2) is 4.79 Å². The first kappa shape index (κ1) is 27.5. The molecule has 7 nitrogen and oxygen atoms in total. The Kier molecular flexibility index (Phi) is 9.07. The number of ether oxygens (including phenoxy) is 1. The third-order valence-corrected chi connectivity index (χ3v) is 5.41. The van der Waals surface area contributed by atoms with E-state index in [-0.39, 0.29) is 12.5 Å². The first-order chi connectivity index (χ1) is 16.4. The lowest BCUT2D eigenvalue weighted by molar-refractivity contribution is -0.140. The van der Waals surface area contributed by atoms with Gasteiger partial charge in [0.2, 0.25) is 5.91 Å². The highest BCUT2D eigenvalue weighted by atomic mass is 16.6. The second kappa shape index (κ2) is 11.6. The summed E-state index contributed by atoms with van der Waals surface area (Å²) in [5.74, 6) is 1.78. The van der Waals surface area contributed by atoms with Crippen molar-refractivity contribution in [3.8, 4) is 12.3 Å². The van der Waals surface area contributed by atoms with Crippen LogP contribution in [0.15, 0.2) is 42.5 Å². The van der Waals surface area contributed by atoms with Crippen LogP contribution < -0.4 is 10.6 Å². The molecule has 0 fully saturated rings. The second-order valence-corrected chi connectivity index (χ2v) is 9.42. The van der Waals surface area contributed by atoms with Gasteiger partial charge in [-0.3, -0.25) is 9.59 Å². The van der Waals surface area contributed by atoms with Gasteiger partial charge in [0, 0.05) is 17.8 Å². The van der Waals surface area contributed by atoms with E-state index in [9.17, 15) is 14.4 Å². The van der Waals surface area contributed by atoms with E-state index in [4.69, 9.17) is 11.2 Å². The summed E-state index contributed by atoms with van der Waals surface area (Å²) in [6.07, 6.45) is 4.79. The van der Waals surface area contributed by atoms with Gasteiger partial charge in [-0.1, -0.05) is 36.3 Å². The van der Waals surface area contributed by atoms with Crippen LogP contribution >= 0.6 is 0 Å². The molecular weight excluding hydrogens is 442 g/mol. The van der Waals surface area contributed by atoms with Crippen molar-refractivity contribution in [2.75, 3.05) is 11.9 Å². The first-order valence-corrected chi connectivity index (χ1v) is 11.6. The molecule has 35 heavy (non-hydrogen) atoms. The van der Waals surface area contributed by atoms with E-state index >= 15 is 0 Å². The molecule has 2 rings (SSSR count). The summed E-state index contributed by atoms with van der Waals surface area (Å²) in [4.78, 5) is 40.8. The van der Waals surface area contributed by atoms with Crippen LogP contribution in [0.25, 0.3) is 0 Å². The summed E-state index contributed by atoms with van der Waals surface area (Å²) in [5, 5.41) is 5.57. The van der Waals surface area contributed by atoms with Crippen LogP contribution in [0.5, 0.6) is 0 Å². The zero-order valence-electron chi connectivity index (χ0n) is 21.6. The molecule has 186 valence electrons. The van der Waals surface area contributed by atoms with Crippen molar-refractivity contribution in [1.82, 2.24) is 10.2 Å². The molecule has 2 atom stereocenters. The predicted octanol–water partition coefficient (Wildman–Crippen LogP) is 4.73. The highest BCUT2D eigenvalue weighted by Gasteiger charge is 2.34. The lowest BCUT2D eigenvalue weighted by Crippen LogP contribution is -2.51. The molecule has 2 unspecified atom stereocenters. The number of aryl methyl sites for hydroxylation is 2. The smallest absolute Gasteiger partial charge is 0.408 e. The molecule has 0 aliphatic carbocycles. The molecule has 2 N–H and O–H groups in total. The maximum absolute atomic E-state index is 13.7. The molecule has 0 aliphatic rings. The number of hydrogen-bond acceptors (Lipinski definition) is 4. The first-order valence-electron chi connectivity index (χ1n) is 11.6. The number of alkyl carbamates (subject to hydrolysis) is 1. The number of hydrogen-bond donors (Lipinski definition) is 2. The average molecular weight is 478 g/mol. The number of nitrogens with one attached hydrogen (secondary N) is 2. The van der Waals surface area contributed by atoms with Crippen molar-refractivity contribution in [3.63, 3.8) is 0 Å². The molecule has 0 aromatic heterocycles. The number of benzene rings is 2. The number of likely N-dealkylation sites (N-methyl/N-ethyl adjacent to an activating group) is 1.